The highest BCUT2D eigenvalue weighted by molar-refractivity contribution is 6.32. The minimum absolute atomic E-state index is 0.0732. The van der Waals surface area contributed by atoms with Gasteiger partial charge in [-0.05, 0) is 25.0 Å². The Morgan fingerprint density at radius 1 is 1.53 bits per heavy atom. The van der Waals surface area contributed by atoms with Crippen LogP contribution in [0.3, 0.4) is 0 Å². The van der Waals surface area contributed by atoms with Crippen molar-refractivity contribution in [3.05, 3.63) is 38.9 Å². The molecule has 1 unspecified atom stereocenters. The van der Waals surface area contributed by atoms with E-state index in [1.54, 1.807) is 6.07 Å². The Labute approximate surface area is 106 Å². The molecule has 0 aliphatic rings. The maximum absolute atomic E-state index is 10.7. The third kappa shape index (κ3) is 4.32. The molecular formula is C12H16ClNO3. The first-order valence-corrected chi connectivity index (χ1v) is 5.96. The number of nitrogens with zero attached hydrogens (tertiary/aromatic N) is 1. The number of hydrogen-bond acceptors (Lipinski definition) is 3. The molecule has 0 spiro atoms. The van der Waals surface area contributed by atoms with E-state index in [4.69, 9.17) is 16.3 Å². The van der Waals surface area contributed by atoms with Crippen molar-refractivity contribution in [1.29, 1.82) is 0 Å². The zero-order valence-corrected chi connectivity index (χ0v) is 10.7. The van der Waals surface area contributed by atoms with Crippen LogP contribution in [-0.2, 0) is 11.3 Å². The van der Waals surface area contributed by atoms with E-state index in [1.165, 1.54) is 12.1 Å². The van der Waals surface area contributed by atoms with E-state index in [1.807, 2.05) is 6.92 Å². The fourth-order valence-electron chi connectivity index (χ4n) is 1.52. The summed E-state index contributed by atoms with van der Waals surface area (Å²) in [7, 11) is 0. The molecule has 0 radical (unpaired) electrons. The molecule has 0 saturated heterocycles. The highest BCUT2D eigenvalue weighted by Gasteiger charge is 2.13. The van der Waals surface area contributed by atoms with E-state index in [2.05, 4.69) is 6.92 Å². The zero-order chi connectivity index (χ0) is 12.8. The molecule has 17 heavy (non-hydrogen) atoms. The third-order valence-electron chi connectivity index (χ3n) is 2.44. The first kappa shape index (κ1) is 13.9. The lowest BCUT2D eigenvalue weighted by atomic mass is 10.2. The Morgan fingerprint density at radius 2 is 2.24 bits per heavy atom. The fraction of sp³-hybridized carbons (Fsp3) is 0.500. The van der Waals surface area contributed by atoms with Gasteiger partial charge < -0.3 is 4.74 Å². The van der Waals surface area contributed by atoms with Crippen LogP contribution in [0, 0.1) is 10.1 Å². The van der Waals surface area contributed by atoms with E-state index in [-0.39, 0.29) is 16.8 Å². The van der Waals surface area contributed by atoms with Crippen molar-refractivity contribution in [1.82, 2.24) is 0 Å². The van der Waals surface area contributed by atoms with Crippen LogP contribution in [0.1, 0.15) is 32.3 Å². The van der Waals surface area contributed by atoms with Crippen molar-refractivity contribution in [3.8, 4) is 0 Å². The van der Waals surface area contributed by atoms with Crippen LogP contribution < -0.4 is 0 Å². The Morgan fingerprint density at radius 3 is 2.82 bits per heavy atom. The maximum Gasteiger partial charge on any atom is 0.288 e. The van der Waals surface area contributed by atoms with E-state index in [0.717, 1.165) is 18.4 Å². The molecule has 0 amide bonds. The summed E-state index contributed by atoms with van der Waals surface area (Å²) < 4.78 is 5.58. The molecule has 1 aromatic carbocycles. The molecule has 4 nitrogen and oxygen atoms in total. The van der Waals surface area contributed by atoms with Crippen LogP contribution in [-0.4, -0.2) is 11.0 Å². The molecule has 0 bridgehead atoms. The van der Waals surface area contributed by atoms with Gasteiger partial charge >= 0.3 is 0 Å². The van der Waals surface area contributed by atoms with Crippen molar-refractivity contribution >= 4 is 17.3 Å². The first-order chi connectivity index (χ1) is 8.04. The molecular weight excluding hydrogens is 242 g/mol. The van der Waals surface area contributed by atoms with Crippen LogP contribution in [0.15, 0.2) is 18.2 Å². The highest BCUT2D eigenvalue weighted by atomic mass is 35.5. The number of nitro benzene ring substituents is 1. The van der Waals surface area contributed by atoms with Gasteiger partial charge in [0.15, 0.2) is 0 Å². The molecule has 1 rings (SSSR count). The predicted octanol–water partition coefficient (Wildman–Crippen LogP) is 3.95. The number of nitro groups is 1. The van der Waals surface area contributed by atoms with Gasteiger partial charge in [0.1, 0.15) is 5.02 Å². The van der Waals surface area contributed by atoms with Crippen LogP contribution in [0.2, 0.25) is 5.02 Å². The molecule has 0 heterocycles. The first-order valence-electron chi connectivity index (χ1n) is 5.59. The second-order valence-electron chi connectivity index (χ2n) is 3.95. The van der Waals surface area contributed by atoms with Gasteiger partial charge in [-0.1, -0.05) is 31.0 Å². The summed E-state index contributed by atoms with van der Waals surface area (Å²) >= 11 is 5.72. The fourth-order valence-corrected chi connectivity index (χ4v) is 1.70. The average Bonchev–Trinajstić information content (AvgIpc) is 2.28. The molecule has 1 aromatic rings. The topological polar surface area (TPSA) is 52.4 Å². The summed E-state index contributed by atoms with van der Waals surface area (Å²) in [5, 5.41) is 10.8. The van der Waals surface area contributed by atoms with Crippen LogP contribution in [0.5, 0.6) is 0 Å². The molecule has 1 atom stereocenters. The van der Waals surface area contributed by atoms with E-state index in [9.17, 15) is 10.1 Å². The van der Waals surface area contributed by atoms with E-state index >= 15 is 0 Å². The van der Waals surface area contributed by atoms with Gasteiger partial charge in [-0.2, -0.15) is 0 Å². The largest absolute Gasteiger partial charge is 0.374 e. The minimum atomic E-state index is -0.485. The minimum Gasteiger partial charge on any atom is -0.374 e. The van der Waals surface area contributed by atoms with Crippen LogP contribution in [0.4, 0.5) is 5.69 Å². The number of hydrogen-bond donors (Lipinski definition) is 0. The molecule has 0 N–H and O–H groups in total. The van der Waals surface area contributed by atoms with Gasteiger partial charge in [0.2, 0.25) is 0 Å². The highest BCUT2D eigenvalue weighted by Crippen LogP contribution is 2.25. The van der Waals surface area contributed by atoms with E-state index < -0.39 is 4.92 Å². The Hall–Kier alpha value is -1.13. The third-order valence-corrected chi connectivity index (χ3v) is 2.76. The van der Waals surface area contributed by atoms with Gasteiger partial charge in [-0.15, -0.1) is 0 Å². The monoisotopic (exact) mass is 257 g/mol. The van der Waals surface area contributed by atoms with Crippen molar-refractivity contribution < 1.29 is 9.66 Å². The van der Waals surface area contributed by atoms with E-state index in [0.29, 0.717) is 6.61 Å². The lowest BCUT2D eigenvalue weighted by Gasteiger charge is -2.11. The molecule has 5 heteroatoms. The number of benzene rings is 1. The molecule has 0 saturated carbocycles. The molecule has 0 aliphatic carbocycles. The normalized spacial score (nSPS) is 12.4. The molecule has 0 fully saturated rings. The van der Waals surface area contributed by atoms with Gasteiger partial charge in [-0.25, -0.2) is 0 Å². The van der Waals surface area contributed by atoms with Gasteiger partial charge in [-0.3, -0.25) is 10.1 Å². The summed E-state index contributed by atoms with van der Waals surface area (Å²) in [5.74, 6) is 0. The molecule has 0 aromatic heterocycles. The summed E-state index contributed by atoms with van der Waals surface area (Å²) in [6.07, 6.45) is 2.20. The van der Waals surface area contributed by atoms with Crippen molar-refractivity contribution in [2.24, 2.45) is 0 Å². The second-order valence-corrected chi connectivity index (χ2v) is 4.36. The number of rotatable bonds is 6. The summed E-state index contributed by atoms with van der Waals surface area (Å²) in [5.41, 5.74) is 0.694. The Kier molecular flexibility index (Phi) is 5.38. The lowest BCUT2D eigenvalue weighted by molar-refractivity contribution is -0.384. The van der Waals surface area contributed by atoms with Gasteiger partial charge in [0, 0.05) is 6.07 Å². The number of halogens is 1. The smallest absolute Gasteiger partial charge is 0.288 e. The summed E-state index contributed by atoms with van der Waals surface area (Å²) in [6.45, 7) is 4.46. The Bertz CT molecular complexity index is 395. The second kappa shape index (κ2) is 6.57. The summed E-state index contributed by atoms with van der Waals surface area (Å²) in [6, 6.07) is 4.73. The summed E-state index contributed by atoms with van der Waals surface area (Å²) in [4.78, 5) is 10.2. The van der Waals surface area contributed by atoms with Gasteiger partial charge in [0.05, 0.1) is 17.6 Å². The predicted molar refractivity (Wildman–Crippen MR) is 67.3 cm³/mol. The lowest BCUT2D eigenvalue weighted by Crippen LogP contribution is -2.07. The SMILES string of the molecule is CCCC(C)OCc1ccc(Cl)c([N+](=O)[O-])c1. The van der Waals surface area contributed by atoms with Crippen molar-refractivity contribution in [2.75, 3.05) is 0 Å². The van der Waals surface area contributed by atoms with Gasteiger partial charge in [0.25, 0.3) is 5.69 Å². The molecule has 0 aliphatic heterocycles. The van der Waals surface area contributed by atoms with Crippen LogP contribution >= 0.6 is 11.6 Å². The standard InChI is InChI=1S/C12H16ClNO3/c1-3-4-9(2)17-8-10-5-6-11(13)12(7-10)14(15)16/h5-7,9H,3-4,8H2,1-2H3. The Balaban J connectivity index is 2.66. The average molecular weight is 258 g/mol. The zero-order valence-electron chi connectivity index (χ0n) is 9.98. The van der Waals surface area contributed by atoms with Crippen molar-refractivity contribution in [2.45, 2.75) is 39.4 Å². The maximum atomic E-state index is 10.7. The quantitative estimate of drug-likeness (QED) is 0.573. The van der Waals surface area contributed by atoms with Crippen LogP contribution in [0.25, 0.3) is 0 Å². The molecule has 94 valence electrons. The van der Waals surface area contributed by atoms with Crippen molar-refractivity contribution in [3.63, 3.8) is 0 Å². The number of ether oxygens (including phenoxy) is 1.